The summed E-state index contributed by atoms with van der Waals surface area (Å²) >= 11 is 1.59. The van der Waals surface area contributed by atoms with Crippen molar-refractivity contribution in [3.05, 3.63) is 12.7 Å². The van der Waals surface area contributed by atoms with Gasteiger partial charge < -0.3 is 16.2 Å². The van der Waals surface area contributed by atoms with Crippen LogP contribution in [0.15, 0.2) is 12.7 Å². The molecule has 0 rings (SSSR count). The van der Waals surface area contributed by atoms with Crippen LogP contribution in [0.1, 0.15) is 12.8 Å². The van der Waals surface area contributed by atoms with Crippen LogP contribution < -0.4 is 11.1 Å². The molecule has 0 aromatic carbocycles. The van der Waals surface area contributed by atoms with Gasteiger partial charge in [0.15, 0.2) is 0 Å². The standard InChI is InChI=1S/C10H18N2O3S/c1-3-4-8(10(14)15)12-9(13)7(11)5-6-16-2/h3,7-8H,1,4-6,11H2,2H3,(H,12,13)(H,14,15)/t7-,8?/m0/s1. The molecular weight excluding hydrogens is 228 g/mol. The molecular formula is C10H18N2O3S. The molecule has 16 heavy (non-hydrogen) atoms. The molecule has 0 spiro atoms. The minimum Gasteiger partial charge on any atom is -0.480 e. The van der Waals surface area contributed by atoms with Crippen molar-refractivity contribution >= 4 is 23.6 Å². The van der Waals surface area contributed by atoms with Gasteiger partial charge in [-0.2, -0.15) is 11.8 Å². The summed E-state index contributed by atoms with van der Waals surface area (Å²) in [7, 11) is 0. The van der Waals surface area contributed by atoms with E-state index in [9.17, 15) is 9.59 Å². The van der Waals surface area contributed by atoms with E-state index in [-0.39, 0.29) is 6.42 Å². The highest BCUT2D eigenvalue weighted by atomic mass is 32.2. The Morgan fingerprint density at radius 3 is 2.69 bits per heavy atom. The van der Waals surface area contributed by atoms with Gasteiger partial charge in [0.25, 0.3) is 0 Å². The van der Waals surface area contributed by atoms with Gasteiger partial charge in [-0.15, -0.1) is 6.58 Å². The fraction of sp³-hybridized carbons (Fsp3) is 0.600. The molecule has 4 N–H and O–H groups in total. The molecule has 0 aliphatic rings. The molecule has 92 valence electrons. The fourth-order valence-electron chi connectivity index (χ4n) is 1.04. The summed E-state index contributed by atoms with van der Waals surface area (Å²) < 4.78 is 0. The summed E-state index contributed by atoms with van der Waals surface area (Å²) in [5.41, 5.74) is 5.60. The lowest BCUT2D eigenvalue weighted by atomic mass is 10.1. The van der Waals surface area contributed by atoms with Crippen LogP contribution in [0.5, 0.6) is 0 Å². The van der Waals surface area contributed by atoms with Crippen molar-refractivity contribution in [2.24, 2.45) is 5.73 Å². The van der Waals surface area contributed by atoms with Gasteiger partial charge in [0.1, 0.15) is 6.04 Å². The Balaban J connectivity index is 4.17. The topological polar surface area (TPSA) is 92.4 Å². The van der Waals surface area contributed by atoms with E-state index in [2.05, 4.69) is 11.9 Å². The zero-order valence-corrected chi connectivity index (χ0v) is 10.1. The van der Waals surface area contributed by atoms with Crippen LogP contribution in [0.3, 0.4) is 0 Å². The number of hydrogen-bond donors (Lipinski definition) is 3. The fourth-order valence-corrected chi connectivity index (χ4v) is 1.53. The van der Waals surface area contributed by atoms with E-state index in [1.165, 1.54) is 6.08 Å². The van der Waals surface area contributed by atoms with E-state index in [1.54, 1.807) is 11.8 Å². The van der Waals surface area contributed by atoms with Crippen LogP contribution in [0.4, 0.5) is 0 Å². The number of carboxylic acids is 1. The van der Waals surface area contributed by atoms with E-state index < -0.39 is 24.0 Å². The molecule has 2 atom stereocenters. The maximum Gasteiger partial charge on any atom is 0.326 e. The van der Waals surface area contributed by atoms with Crippen molar-refractivity contribution in [3.63, 3.8) is 0 Å². The minimum atomic E-state index is -1.08. The third kappa shape index (κ3) is 5.77. The second-order valence-electron chi connectivity index (χ2n) is 3.31. The maximum atomic E-state index is 11.5. The molecule has 0 radical (unpaired) electrons. The Labute approximate surface area is 99.5 Å². The normalized spacial score (nSPS) is 13.9. The smallest absolute Gasteiger partial charge is 0.326 e. The summed E-state index contributed by atoms with van der Waals surface area (Å²) in [5, 5.41) is 11.2. The Morgan fingerprint density at radius 2 is 2.25 bits per heavy atom. The van der Waals surface area contributed by atoms with Crippen molar-refractivity contribution in [1.82, 2.24) is 5.32 Å². The van der Waals surface area contributed by atoms with Crippen molar-refractivity contribution in [2.45, 2.75) is 24.9 Å². The third-order valence-electron chi connectivity index (χ3n) is 1.99. The molecule has 1 unspecified atom stereocenters. The summed E-state index contributed by atoms with van der Waals surface area (Å²) in [5.74, 6) is -0.734. The third-order valence-corrected chi connectivity index (χ3v) is 2.63. The second kappa shape index (κ2) is 8.18. The molecule has 0 aromatic heterocycles. The average molecular weight is 246 g/mol. The molecule has 0 aliphatic carbocycles. The number of thioether (sulfide) groups is 1. The number of aliphatic carboxylic acids is 1. The SMILES string of the molecule is C=CCC(NC(=O)[C@@H](N)CCSC)C(=O)O. The van der Waals surface area contributed by atoms with Gasteiger partial charge in [-0.3, -0.25) is 4.79 Å². The molecule has 0 aromatic rings. The first-order valence-corrected chi connectivity index (χ1v) is 6.30. The summed E-state index contributed by atoms with van der Waals surface area (Å²) in [6.45, 7) is 3.44. The Morgan fingerprint density at radius 1 is 1.62 bits per heavy atom. The Bertz CT molecular complexity index is 258. The summed E-state index contributed by atoms with van der Waals surface area (Å²) in [4.78, 5) is 22.2. The lowest BCUT2D eigenvalue weighted by molar-refractivity contribution is -0.141. The highest BCUT2D eigenvalue weighted by Crippen LogP contribution is 2.00. The zero-order chi connectivity index (χ0) is 12.6. The number of nitrogens with two attached hydrogens (primary N) is 1. The second-order valence-corrected chi connectivity index (χ2v) is 4.30. The van der Waals surface area contributed by atoms with Crippen LogP contribution in [-0.2, 0) is 9.59 Å². The predicted octanol–water partition coefficient (Wildman–Crippen LogP) is 0.212. The van der Waals surface area contributed by atoms with Gasteiger partial charge in [0.2, 0.25) is 5.91 Å². The quantitative estimate of drug-likeness (QED) is 0.532. The monoisotopic (exact) mass is 246 g/mol. The zero-order valence-electron chi connectivity index (χ0n) is 9.31. The van der Waals surface area contributed by atoms with Gasteiger partial charge >= 0.3 is 5.97 Å². The maximum absolute atomic E-state index is 11.5. The molecule has 6 heteroatoms. The van der Waals surface area contributed by atoms with E-state index in [4.69, 9.17) is 10.8 Å². The molecule has 0 bridgehead atoms. The summed E-state index contributed by atoms with van der Waals surface area (Å²) in [6.07, 6.45) is 4.10. The number of hydrogen-bond acceptors (Lipinski definition) is 4. The largest absolute Gasteiger partial charge is 0.480 e. The molecule has 0 saturated heterocycles. The van der Waals surface area contributed by atoms with Crippen molar-refractivity contribution in [3.8, 4) is 0 Å². The first-order valence-electron chi connectivity index (χ1n) is 4.91. The molecule has 0 fully saturated rings. The van der Waals surface area contributed by atoms with Gasteiger partial charge in [-0.25, -0.2) is 4.79 Å². The van der Waals surface area contributed by atoms with Crippen LogP contribution in [0.2, 0.25) is 0 Å². The first-order chi connectivity index (χ1) is 7.52. The Kier molecular flexibility index (Phi) is 7.66. The lowest BCUT2D eigenvalue weighted by Crippen LogP contribution is -2.48. The summed E-state index contributed by atoms with van der Waals surface area (Å²) in [6, 6.07) is -1.59. The van der Waals surface area contributed by atoms with Gasteiger partial charge in [-0.05, 0) is 24.9 Å². The van der Waals surface area contributed by atoms with Crippen LogP contribution in [-0.4, -0.2) is 41.1 Å². The van der Waals surface area contributed by atoms with Gasteiger partial charge in [0.05, 0.1) is 6.04 Å². The van der Waals surface area contributed by atoms with E-state index in [1.807, 2.05) is 6.26 Å². The highest BCUT2D eigenvalue weighted by molar-refractivity contribution is 7.98. The van der Waals surface area contributed by atoms with Crippen LogP contribution in [0, 0.1) is 0 Å². The number of carbonyl (C=O) groups excluding carboxylic acids is 1. The number of amides is 1. The molecule has 0 aliphatic heterocycles. The predicted molar refractivity (Wildman–Crippen MR) is 65.4 cm³/mol. The lowest BCUT2D eigenvalue weighted by Gasteiger charge is -2.16. The molecule has 0 heterocycles. The number of nitrogens with one attached hydrogen (secondary N) is 1. The number of carbonyl (C=O) groups is 2. The van der Waals surface area contributed by atoms with Crippen molar-refractivity contribution < 1.29 is 14.7 Å². The van der Waals surface area contributed by atoms with Crippen LogP contribution >= 0.6 is 11.8 Å². The van der Waals surface area contributed by atoms with Crippen LogP contribution in [0.25, 0.3) is 0 Å². The molecule has 0 saturated carbocycles. The van der Waals surface area contributed by atoms with E-state index >= 15 is 0 Å². The van der Waals surface area contributed by atoms with Gasteiger partial charge in [0, 0.05) is 0 Å². The van der Waals surface area contributed by atoms with E-state index in [0.29, 0.717) is 6.42 Å². The minimum absolute atomic E-state index is 0.191. The molecule has 1 amide bonds. The Hall–Kier alpha value is -1.01. The van der Waals surface area contributed by atoms with Crippen molar-refractivity contribution in [1.29, 1.82) is 0 Å². The first kappa shape index (κ1) is 15.0. The van der Waals surface area contributed by atoms with Gasteiger partial charge in [-0.1, -0.05) is 6.08 Å². The highest BCUT2D eigenvalue weighted by Gasteiger charge is 2.21. The van der Waals surface area contributed by atoms with Crippen molar-refractivity contribution in [2.75, 3.05) is 12.0 Å². The number of rotatable bonds is 8. The number of carboxylic acid groups (broad SMARTS) is 1. The van der Waals surface area contributed by atoms with E-state index in [0.717, 1.165) is 5.75 Å². The molecule has 5 nitrogen and oxygen atoms in total. The average Bonchev–Trinajstić information content (AvgIpc) is 2.24.